The van der Waals surface area contributed by atoms with Gasteiger partial charge in [0, 0.05) is 11.6 Å². The first-order valence-electron chi connectivity index (χ1n) is 6.00. The third kappa shape index (κ3) is 2.74. The summed E-state index contributed by atoms with van der Waals surface area (Å²) in [5.41, 5.74) is 9.14. The lowest BCUT2D eigenvalue weighted by atomic mass is 10.1. The lowest BCUT2D eigenvalue weighted by Gasteiger charge is -2.03. The van der Waals surface area contributed by atoms with E-state index in [1.807, 2.05) is 18.2 Å². The number of rotatable bonds is 4. The highest BCUT2D eigenvalue weighted by molar-refractivity contribution is 5.59. The summed E-state index contributed by atoms with van der Waals surface area (Å²) in [4.78, 5) is 0. The first kappa shape index (κ1) is 11.9. The van der Waals surface area contributed by atoms with Crippen LogP contribution in [0.5, 0.6) is 0 Å². The molecule has 17 heavy (non-hydrogen) atoms. The van der Waals surface area contributed by atoms with E-state index in [0.29, 0.717) is 0 Å². The summed E-state index contributed by atoms with van der Waals surface area (Å²) in [6.07, 6.45) is 1.96. The molecule has 1 unspecified atom stereocenters. The van der Waals surface area contributed by atoms with Gasteiger partial charge in [-0.3, -0.25) is 0 Å². The fourth-order valence-electron chi connectivity index (χ4n) is 1.86. The summed E-state index contributed by atoms with van der Waals surface area (Å²) in [5.74, 6) is 0.767. The van der Waals surface area contributed by atoms with E-state index in [-0.39, 0.29) is 6.04 Å². The van der Waals surface area contributed by atoms with Crippen LogP contribution in [0.4, 0.5) is 0 Å². The molecule has 0 amide bonds. The number of benzene rings is 1. The smallest absolute Gasteiger partial charge is 0.154 e. The average Bonchev–Trinajstić information content (AvgIpc) is 2.78. The van der Waals surface area contributed by atoms with Crippen LogP contribution in [0.2, 0.25) is 0 Å². The van der Waals surface area contributed by atoms with E-state index >= 15 is 0 Å². The summed E-state index contributed by atoms with van der Waals surface area (Å²) in [6, 6.07) is 10.1. The van der Waals surface area contributed by atoms with Crippen molar-refractivity contribution in [2.45, 2.75) is 32.7 Å². The molecule has 0 spiro atoms. The Kier molecular flexibility index (Phi) is 3.59. The molecule has 2 N–H and O–H groups in total. The normalized spacial score (nSPS) is 12.6. The van der Waals surface area contributed by atoms with Crippen LogP contribution in [0.3, 0.4) is 0 Å². The molecule has 0 fully saturated rings. The van der Waals surface area contributed by atoms with E-state index in [0.717, 1.165) is 29.9 Å². The van der Waals surface area contributed by atoms with Crippen LogP contribution >= 0.6 is 0 Å². The Balaban J connectivity index is 2.23. The van der Waals surface area contributed by atoms with Gasteiger partial charge in [0.05, 0.1) is 6.04 Å². The first-order chi connectivity index (χ1) is 8.20. The number of nitrogens with zero attached hydrogens (tertiary/aromatic N) is 1. The number of aryl methyl sites for hydroxylation is 1. The molecule has 0 aliphatic rings. The second kappa shape index (κ2) is 5.15. The van der Waals surface area contributed by atoms with Crippen molar-refractivity contribution in [3.63, 3.8) is 0 Å². The van der Waals surface area contributed by atoms with Crippen molar-refractivity contribution in [2.24, 2.45) is 5.73 Å². The maximum Gasteiger partial charge on any atom is 0.154 e. The number of hydrogen-bond donors (Lipinski definition) is 1. The van der Waals surface area contributed by atoms with Gasteiger partial charge in [0.2, 0.25) is 0 Å². The Morgan fingerprint density at radius 2 is 2.18 bits per heavy atom. The van der Waals surface area contributed by atoms with Gasteiger partial charge in [-0.05, 0) is 19.4 Å². The predicted octanol–water partition coefficient (Wildman–Crippen LogP) is 3.45. The highest BCUT2D eigenvalue weighted by atomic mass is 16.5. The summed E-state index contributed by atoms with van der Waals surface area (Å²) in [5, 5.41) is 4.08. The fourth-order valence-corrected chi connectivity index (χ4v) is 1.86. The van der Waals surface area contributed by atoms with E-state index in [2.05, 4.69) is 31.1 Å². The van der Waals surface area contributed by atoms with E-state index in [1.54, 1.807) is 0 Å². The average molecular weight is 230 g/mol. The number of nitrogens with two attached hydrogens (primary N) is 1. The Morgan fingerprint density at radius 1 is 1.35 bits per heavy atom. The molecule has 90 valence electrons. The van der Waals surface area contributed by atoms with E-state index < -0.39 is 0 Å². The minimum Gasteiger partial charge on any atom is -0.359 e. The summed E-state index contributed by atoms with van der Waals surface area (Å²) in [7, 11) is 0. The van der Waals surface area contributed by atoms with Crippen LogP contribution in [0.1, 0.15) is 37.1 Å². The second-order valence-corrected chi connectivity index (χ2v) is 4.38. The van der Waals surface area contributed by atoms with Crippen molar-refractivity contribution < 1.29 is 4.52 Å². The van der Waals surface area contributed by atoms with Crippen LogP contribution < -0.4 is 5.73 Å². The standard InChI is InChI=1S/C14H18N2O/c1-3-5-12(15)14-9-13(16-17-14)11-7-4-6-10(2)8-11/h4,6-9,12H,3,5,15H2,1-2H3. The molecule has 0 saturated heterocycles. The molecule has 0 bridgehead atoms. The highest BCUT2D eigenvalue weighted by Crippen LogP contribution is 2.24. The predicted molar refractivity (Wildman–Crippen MR) is 68.5 cm³/mol. The van der Waals surface area contributed by atoms with Gasteiger partial charge in [-0.25, -0.2) is 0 Å². The Hall–Kier alpha value is -1.61. The van der Waals surface area contributed by atoms with Crippen LogP contribution in [0, 0.1) is 6.92 Å². The van der Waals surface area contributed by atoms with Crippen molar-refractivity contribution in [1.29, 1.82) is 0 Å². The molecule has 2 aromatic rings. The van der Waals surface area contributed by atoms with Gasteiger partial charge in [0.15, 0.2) is 5.76 Å². The largest absolute Gasteiger partial charge is 0.359 e. The van der Waals surface area contributed by atoms with Gasteiger partial charge < -0.3 is 10.3 Å². The third-order valence-electron chi connectivity index (χ3n) is 2.81. The van der Waals surface area contributed by atoms with Gasteiger partial charge in [0.25, 0.3) is 0 Å². The van der Waals surface area contributed by atoms with Gasteiger partial charge >= 0.3 is 0 Å². The molecule has 1 aromatic heterocycles. The summed E-state index contributed by atoms with van der Waals surface area (Å²) < 4.78 is 5.30. The van der Waals surface area contributed by atoms with E-state index in [1.165, 1.54) is 5.56 Å². The third-order valence-corrected chi connectivity index (χ3v) is 2.81. The monoisotopic (exact) mass is 230 g/mol. The zero-order valence-corrected chi connectivity index (χ0v) is 10.3. The van der Waals surface area contributed by atoms with Crippen molar-refractivity contribution in [3.05, 3.63) is 41.7 Å². The minimum atomic E-state index is -0.0499. The van der Waals surface area contributed by atoms with Crippen LogP contribution in [0.15, 0.2) is 34.9 Å². The van der Waals surface area contributed by atoms with Gasteiger partial charge in [-0.1, -0.05) is 42.3 Å². The molecule has 2 rings (SSSR count). The van der Waals surface area contributed by atoms with Crippen LogP contribution in [0.25, 0.3) is 11.3 Å². The quantitative estimate of drug-likeness (QED) is 0.875. The zero-order valence-electron chi connectivity index (χ0n) is 10.3. The van der Waals surface area contributed by atoms with Crippen molar-refractivity contribution in [2.75, 3.05) is 0 Å². The van der Waals surface area contributed by atoms with Gasteiger partial charge in [-0.2, -0.15) is 0 Å². The maximum atomic E-state index is 5.99. The summed E-state index contributed by atoms with van der Waals surface area (Å²) in [6.45, 7) is 4.17. The minimum absolute atomic E-state index is 0.0499. The van der Waals surface area contributed by atoms with E-state index in [4.69, 9.17) is 10.3 Å². The first-order valence-corrected chi connectivity index (χ1v) is 6.00. The molecule has 0 aliphatic carbocycles. The lowest BCUT2D eigenvalue weighted by Crippen LogP contribution is -2.08. The molecule has 3 heteroatoms. The molecule has 1 aromatic carbocycles. The number of hydrogen-bond acceptors (Lipinski definition) is 3. The van der Waals surface area contributed by atoms with E-state index in [9.17, 15) is 0 Å². The lowest BCUT2D eigenvalue weighted by molar-refractivity contribution is 0.356. The molecular formula is C14H18N2O. The topological polar surface area (TPSA) is 52.0 Å². The Labute approximate surface area is 102 Å². The SMILES string of the molecule is CCCC(N)c1cc(-c2cccc(C)c2)no1. The fraction of sp³-hybridized carbons (Fsp3) is 0.357. The second-order valence-electron chi connectivity index (χ2n) is 4.38. The van der Waals surface area contributed by atoms with Crippen molar-refractivity contribution >= 4 is 0 Å². The molecule has 0 aliphatic heterocycles. The van der Waals surface area contributed by atoms with Crippen molar-refractivity contribution in [3.8, 4) is 11.3 Å². The van der Waals surface area contributed by atoms with Gasteiger partial charge in [0.1, 0.15) is 5.69 Å². The van der Waals surface area contributed by atoms with Crippen LogP contribution in [-0.2, 0) is 0 Å². The molecule has 0 radical (unpaired) electrons. The van der Waals surface area contributed by atoms with Crippen LogP contribution in [-0.4, -0.2) is 5.16 Å². The Morgan fingerprint density at radius 3 is 2.88 bits per heavy atom. The van der Waals surface area contributed by atoms with Crippen molar-refractivity contribution in [1.82, 2.24) is 5.16 Å². The maximum absolute atomic E-state index is 5.99. The molecule has 1 heterocycles. The zero-order chi connectivity index (χ0) is 12.3. The summed E-state index contributed by atoms with van der Waals surface area (Å²) >= 11 is 0. The Bertz CT molecular complexity index is 490. The molecular weight excluding hydrogens is 212 g/mol. The molecule has 0 saturated carbocycles. The molecule has 3 nitrogen and oxygen atoms in total. The highest BCUT2D eigenvalue weighted by Gasteiger charge is 2.12. The number of aromatic nitrogens is 1. The van der Waals surface area contributed by atoms with Gasteiger partial charge in [-0.15, -0.1) is 0 Å². The molecule has 1 atom stereocenters.